The van der Waals surface area contributed by atoms with Crippen LogP contribution in [0.4, 0.5) is 21.9 Å². The molecule has 1 saturated carbocycles. The topological polar surface area (TPSA) is 122 Å². The lowest BCUT2D eigenvalue weighted by Gasteiger charge is -2.47. The molecule has 31 heavy (non-hydrogen) atoms. The minimum atomic E-state index is -1.16. The van der Waals surface area contributed by atoms with Crippen LogP contribution in [0.15, 0.2) is 24.5 Å². The molecular weight excluding hydrogens is 402 g/mol. The molecule has 1 N–H and O–H groups in total. The van der Waals surface area contributed by atoms with Gasteiger partial charge in [0, 0.05) is 24.8 Å². The molecule has 4 rings (SSSR count). The number of hydrogen-bond acceptors (Lipinski definition) is 5. The monoisotopic (exact) mass is 427 g/mol. The van der Waals surface area contributed by atoms with Crippen molar-refractivity contribution in [2.45, 2.75) is 58.7 Å². The molecule has 1 fully saturated rings. The number of amides is 2. The van der Waals surface area contributed by atoms with Crippen LogP contribution >= 0.6 is 0 Å². The Hall–Kier alpha value is -3.43. The van der Waals surface area contributed by atoms with E-state index in [1.54, 1.807) is 24.0 Å². The van der Waals surface area contributed by atoms with E-state index in [0.717, 1.165) is 12.8 Å². The molecule has 2 heterocycles. The van der Waals surface area contributed by atoms with Crippen molar-refractivity contribution in [3.63, 3.8) is 0 Å². The third-order valence-corrected chi connectivity index (χ3v) is 6.07. The zero-order chi connectivity index (χ0) is 22.6. The van der Waals surface area contributed by atoms with E-state index in [4.69, 9.17) is 0 Å². The van der Waals surface area contributed by atoms with Gasteiger partial charge in [0.25, 0.3) is 5.69 Å². The van der Waals surface area contributed by atoms with Crippen molar-refractivity contribution in [1.82, 2.24) is 9.78 Å². The van der Waals surface area contributed by atoms with Crippen LogP contribution in [-0.4, -0.2) is 43.9 Å². The van der Waals surface area contributed by atoms with Crippen LogP contribution in [0.1, 0.15) is 46.6 Å². The van der Waals surface area contributed by atoms with Gasteiger partial charge >= 0.3 is 6.09 Å². The Morgan fingerprint density at radius 2 is 1.87 bits per heavy atom. The van der Waals surface area contributed by atoms with Crippen molar-refractivity contribution < 1.29 is 19.6 Å². The molecule has 2 unspecified atom stereocenters. The number of hydrogen-bond donors (Lipinski definition) is 1. The van der Waals surface area contributed by atoms with E-state index >= 15 is 0 Å². The SMILES string of the molecule is CC(=O)N1c2cc([N+](=O)[O-])c(-c3cnn(C4CC4)c3)cc2N(C(=O)O)C(C(C)C)C1C. The van der Waals surface area contributed by atoms with Crippen molar-refractivity contribution in [3.05, 3.63) is 34.6 Å². The fourth-order valence-electron chi connectivity index (χ4n) is 4.64. The van der Waals surface area contributed by atoms with E-state index in [-0.39, 0.29) is 34.5 Å². The van der Waals surface area contributed by atoms with E-state index in [9.17, 15) is 24.8 Å². The summed E-state index contributed by atoms with van der Waals surface area (Å²) in [5, 5.41) is 26.3. The van der Waals surface area contributed by atoms with E-state index in [1.165, 1.54) is 28.9 Å². The van der Waals surface area contributed by atoms with E-state index in [1.807, 2.05) is 13.8 Å². The van der Waals surface area contributed by atoms with Crippen LogP contribution in [-0.2, 0) is 4.79 Å². The molecule has 2 atom stereocenters. The first-order valence-electron chi connectivity index (χ1n) is 10.3. The largest absolute Gasteiger partial charge is 0.465 e. The lowest BCUT2D eigenvalue weighted by Crippen LogP contribution is -2.60. The minimum Gasteiger partial charge on any atom is -0.465 e. The van der Waals surface area contributed by atoms with E-state index < -0.39 is 23.1 Å². The molecule has 10 nitrogen and oxygen atoms in total. The number of anilines is 2. The van der Waals surface area contributed by atoms with Gasteiger partial charge in [0.05, 0.1) is 46.2 Å². The molecule has 10 heteroatoms. The third-order valence-electron chi connectivity index (χ3n) is 6.07. The summed E-state index contributed by atoms with van der Waals surface area (Å²) in [6.07, 6.45) is 4.19. The summed E-state index contributed by atoms with van der Waals surface area (Å²) in [5.74, 6) is -0.384. The lowest BCUT2D eigenvalue weighted by molar-refractivity contribution is -0.384. The van der Waals surface area contributed by atoms with Gasteiger partial charge in [-0.05, 0) is 31.7 Å². The number of nitro groups is 1. The zero-order valence-corrected chi connectivity index (χ0v) is 17.8. The maximum absolute atomic E-state index is 12.5. The molecule has 1 aromatic heterocycles. The highest BCUT2D eigenvalue weighted by Crippen LogP contribution is 2.47. The number of nitro benzene ring substituents is 1. The summed E-state index contributed by atoms with van der Waals surface area (Å²) in [4.78, 5) is 38.9. The summed E-state index contributed by atoms with van der Waals surface area (Å²) in [7, 11) is 0. The molecule has 1 aliphatic heterocycles. The molecule has 0 saturated heterocycles. The summed E-state index contributed by atoms with van der Waals surface area (Å²) in [6, 6.07) is 2.14. The second-order valence-corrected chi connectivity index (χ2v) is 8.57. The summed E-state index contributed by atoms with van der Waals surface area (Å²) in [6.45, 7) is 6.94. The molecule has 0 radical (unpaired) electrons. The Labute approximate surface area is 179 Å². The normalized spacial score (nSPS) is 20.7. The van der Waals surface area contributed by atoms with Crippen LogP contribution in [0.25, 0.3) is 11.1 Å². The Kier molecular flexibility index (Phi) is 4.95. The van der Waals surface area contributed by atoms with Gasteiger partial charge in [-0.1, -0.05) is 13.8 Å². The average Bonchev–Trinajstić information content (AvgIpc) is 3.42. The van der Waals surface area contributed by atoms with Gasteiger partial charge in [-0.15, -0.1) is 0 Å². The number of carbonyl (C=O) groups is 2. The number of benzene rings is 1. The predicted octanol–water partition coefficient (Wildman–Crippen LogP) is 4.06. The van der Waals surface area contributed by atoms with Crippen molar-refractivity contribution in [1.29, 1.82) is 0 Å². The number of fused-ring (bicyclic) bond motifs is 1. The number of rotatable bonds is 4. The average molecular weight is 427 g/mol. The molecule has 2 aliphatic rings. The Balaban J connectivity index is 1.97. The summed E-state index contributed by atoms with van der Waals surface area (Å²) >= 11 is 0. The van der Waals surface area contributed by atoms with E-state index in [2.05, 4.69) is 5.10 Å². The molecular formula is C21H25N5O5. The smallest absolute Gasteiger partial charge is 0.412 e. The first-order chi connectivity index (χ1) is 14.6. The quantitative estimate of drug-likeness (QED) is 0.580. The highest BCUT2D eigenvalue weighted by Gasteiger charge is 2.44. The number of carboxylic acid groups (broad SMARTS) is 1. The maximum Gasteiger partial charge on any atom is 0.412 e. The van der Waals surface area contributed by atoms with Crippen molar-refractivity contribution >= 4 is 29.1 Å². The van der Waals surface area contributed by atoms with Gasteiger partial charge < -0.3 is 10.0 Å². The molecule has 2 aromatic rings. The van der Waals surface area contributed by atoms with Crippen LogP contribution < -0.4 is 9.80 Å². The van der Waals surface area contributed by atoms with Crippen molar-refractivity contribution in [2.24, 2.45) is 5.92 Å². The van der Waals surface area contributed by atoms with Gasteiger partial charge in [0.1, 0.15) is 0 Å². The van der Waals surface area contributed by atoms with E-state index in [0.29, 0.717) is 11.6 Å². The molecule has 1 aromatic carbocycles. The second-order valence-electron chi connectivity index (χ2n) is 8.57. The fraction of sp³-hybridized carbons (Fsp3) is 0.476. The van der Waals surface area contributed by atoms with Crippen molar-refractivity contribution in [3.8, 4) is 11.1 Å². The first kappa shape index (κ1) is 20.8. The Bertz CT molecular complexity index is 1070. The van der Waals surface area contributed by atoms with Crippen LogP contribution in [0.3, 0.4) is 0 Å². The lowest BCUT2D eigenvalue weighted by atomic mass is 9.89. The number of aromatic nitrogens is 2. The number of nitrogens with zero attached hydrogens (tertiary/aromatic N) is 5. The summed E-state index contributed by atoms with van der Waals surface area (Å²) in [5.41, 5.74) is 1.12. The molecule has 0 spiro atoms. The Morgan fingerprint density at radius 3 is 2.39 bits per heavy atom. The highest BCUT2D eigenvalue weighted by atomic mass is 16.6. The van der Waals surface area contributed by atoms with Crippen molar-refractivity contribution in [2.75, 3.05) is 9.80 Å². The predicted molar refractivity (Wildman–Crippen MR) is 114 cm³/mol. The Morgan fingerprint density at radius 1 is 1.23 bits per heavy atom. The molecule has 164 valence electrons. The van der Waals surface area contributed by atoms with Gasteiger partial charge in [-0.2, -0.15) is 5.10 Å². The maximum atomic E-state index is 12.5. The fourth-order valence-corrected chi connectivity index (χ4v) is 4.64. The molecule has 1 aliphatic carbocycles. The van der Waals surface area contributed by atoms with Gasteiger partial charge in [0.15, 0.2) is 0 Å². The first-order valence-corrected chi connectivity index (χ1v) is 10.3. The molecule has 0 bridgehead atoms. The van der Waals surface area contributed by atoms with Gasteiger partial charge in [-0.3, -0.25) is 24.5 Å². The van der Waals surface area contributed by atoms with Gasteiger partial charge in [0.2, 0.25) is 5.91 Å². The van der Waals surface area contributed by atoms with Gasteiger partial charge in [-0.25, -0.2) is 4.79 Å². The van der Waals surface area contributed by atoms with Crippen LogP contribution in [0, 0.1) is 16.0 Å². The van der Waals surface area contributed by atoms with Crippen LogP contribution in [0.5, 0.6) is 0 Å². The number of carbonyl (C=O) groups excluding carboxylic acids is 1. The van der Waals surface area contributed by atoms with Crippen LogP contribution in [0.2, 0.25) is 0 Å². The minimum absolute atomic E-state index is 0.0858. The highest BCUT2D eigenvalue weighted by molar-refractivity contribution is 6.04. The molecule has 2 amide bonds. The standard InChI is InChI=1S/C21H25N5O5/c1-11(2)20-12(3)24(13(4)27)19-8-17(26(30)31)16(7-18(19)25(20)21(28)29)14-9-22-23(10-14)15-5-6-15/h7-12,15,20H,5-6H2,1-4H3,(H,28,29). The second kappa shape index (κ2) is 7.36. The third kappa shape index (κ3) is 3.41. The zero-order valence-electron chi connectivity index (χ0n) is 17.8. The summed E-state index contributed by atoms with van der Waals surface area (Å²) < 4.78 is 1.79.